The predicted molar refractivity (Wildman–Crippen MR) is 125 cm³/mol. The maximum atomic E-state index is 12.4. The first-order valence-corrected chi connectivity index (χ1v) is 12.0. The van der Waals surface area contributed by atoms with Gasteiger partial charge < -0.3 is 15.5 Å². The van der Waals surface area contributed by atoms with Crippen LogP contribution >= 0.6 is 11.3 Å². The van der Waals surface area contributed by atoms with Crippen molar-refractivity contribution in [2.45, 2.75) is 58.9 Å². The molecule has 3 rings (SSSR count). The summed E-state index contributed by atoms with van der Waals surface area (Å²) in [5.41, 5.74) is 1.21. The second kappa shape index (κ2) is 11.3. The smallest absolute Gasteiger partial charge is 0.286 e. The highest BCUT2D eigenvalue weighted by atomic mass is 32.1. The molecule has 1 aromatic heterocycles. The van der Waals surface area contributed by atoms with Crippen LogP contribution in [0.2, 0.25) is 0 Å². The zero-order valence-corrected chi connectivity index (χ0v) is 19.5. The van der Waals surface area contributed by atoms with Crippen molar-refractivity contribution in [1.82, 2.24) is 20.4 Å². The van der Waals surface area contributed by atoms with Crippen molar-refractivity contribution in [3.05, 3.63) is 39.8 Å². The average Bonchev–Trinajstić information content (AvgIpc) is 3.20. The van der Waals surface area contributed by atoms with Gasteiger partial charge in [-0.1, -0.05) is 31.6 Å². The summed E-state index contributed by atoms with van der Waals surface area (Å²) < 4.78 is 0. The van der Waals surface area contributed by atoms with Gasteiger partial charge >= 0.3 is 0 Å². The van der Waals surface area contributed by atoms with Gasteiger partial charge in [-0.2, -0.15) is 0 Å². The lowest BCUT2D eigenvalue weighted by Gasteiger charge is -2.33. The maximum Gasteiger partial charge on any atom is 0.286 e. The third kappa shape index (κ3) is 7.11. The zero-order chi connectivity index (χ0) is 22.2. The molecule has 31 heavy (non-hydrogen) atoms. The van der Waals surface area contributed by atoms with E-state index >= 15 is 0 Å². The molecule has 0 spiro atoms. The van der Waals surface area contributed by atoms with Gasteiger partial charge in [-0.3, -0.25) is 9.59 Å². The molecule has 1 atom stereocenters. The Bertz CT molecular complexity index is 865. The summed E-state index contributed by atoms with van der Waals surface area (Å²) in [5.74, 6) is 0.0968. The van der Waals surface area contributed by atoms with Gasteiger partial charge in [0.1, 0.15) is 5.01 Å². The van der Waals surface area contributed by atoms with Crippen molar-refractivity contribution >= 4 is 28.8 Å². The van der Waals surface area contributed by atoms with Crippen molar-refractivity contribution in [3.63, 3.8) is 0 Å². The number of benzene rings is 1. The number of aromatic nitrogens is 2. The maximum absolute atomic E-state index is 12.4. The van der Waals surface area contributed by atoms with E-state index in [1.54, 1.807) is 24.3 Å². The van der Waals surface area contributed by atoms with Gasteiger partial charge in [0.25, 0.3) is 11.8 Å². The highest BCUT2D eigenvalue weighted by Gasteiger charge is 2.17. The molecule has 2 heterocycles. The van der Waals surface area contributed by atoms with E-state index in [0.29, 0.717) is 34.8 Å². The number of carbonyl (C=O) groups excluding carboxylic acids is 2. The number of anilines is 1. The summed E-state index contributed by atoms with van der Waals surface area (Å²) in [5, 5.41) is 15.1. The van der Waals surface area contributed by atoms with E-state index in [1.807, 2.05) is 0 Å². The minimum atomic E-state index is -0.281. The van der Waals surface area contributed by atoms with E-state index in [4.69, 9.17) is 0 Å². The number of piperidine rings is 1. The molecule has 1 fully saturated rings. The molecular formula is C23H33N5O2S. The van der Waals surface area contributed by atoms with Crippen molar-refractivity contribution in [2.75, 3.05) is 25.0 Å². The number of nitrogens with one attached hydrogen (secondary N) is 2. The standard InChI is InChI=1S/C23H33N5O2S/c1-16(2)15-20-26-27-23(31-20)22(30)25-19-10-8-18(9-11-19)21(29)24-12-6-14-28-13-5-4-7-17(28)3/h8-11,16-17H,4-7,12-15H2,1-3H3,(H,24,29)(H,25,30). The fourth-order valence-electron chi connectivity index (χ4n) is 3.74. The van der Waals surface area contributed by atoms with E-state index in [0.717, 1.165) is 24.4 Å². The van der Waals surface area contributed by atoms with E-state index in [9.17, 15) is 9.59 Å². The van der Waals surface area contributed by atoms with E-state index in [-0.39, 0.29) is 11.8 Å². The minimum absolute atomic E-state index is 0.0907. The van der Waals surface area contributed by atoms with Gasteiger partial charge in [-0.15, -0.1) is 10.2 Å². The Labute approximate surface area is 188 Å². The van der Waals surface area contributed by atoms with Gasteiger partial charge in [0.2, 0.25) is 5.01 Å². The average molecular weight is 444 g/mol. The molecule has 2 aromatic rings. The lowest BCUT2D eigenvalue weighted by Crippen LogP contribution is -2.39. The lowest BCUT2D eigenvalue weighted by molar-refractivity contribution is 0.0948. The van der Waals surface area contributed by atoms with Crippen LogP contribution in [0.3, 0.4) is 0 Å². The molecule has 0 bridgehead atoms. The molecule has 0 saturated carbocycles. The first-order chi connectivity index (χ1) is 14.9. The summed E-state index contributed by atoms with van der Waals surface area (Å²) in [7, 11) is 0. The Morgan fingerprint density at radius 2 is 1.94 bits per heavy atom. The topological polar surface area (TPSA) is 87.2 Å². The van der Waals surface area contributed by atoms with Crippen LogP contribution in [0.15, 0.2) is 24.3 Å². The Morgan fingerprint density at radius 1 is 1.16 bits per heavy atom. The molecule has 2 N–H and O–H groups in total. The van der Waals surface area contributed by atoms with Crippen LogP contribution in [0.25, 0.3) is 0 Å². The van der Waals surface area contributed by atoms with E-state index in [2.05, 4.69) is 46.5 Å². The summed E-state index contributed by atoms with van der Waals surface area (Å²) >= 11 is 1.32. The first kappa shape index (κ1) is 23.3. The molecule has 1 aromatic carbocycles. The zero-order valence-electron chi connectivity index (χ0n) is 18.7. The monoisotopic (exact) mass is 443 g/mol. The number of likely N-dealkylation sites (tertiary alicyclic amines) is 1. The number of carbonyl (C=O) groups is 2. The summed E-state index contributed by atoms with van der Waals surface area (Å²) in [4.78, 5) is 27.3. The molecule has 8 heteroatoms. The Balaban J connectivity index is 1.43. The van der Waals surface area contributed by atoms with E-state index in [1.165, 1.54) is 37.1 Å². The number of nitrogens with zero attached hydrogens (tertiary/aromatic N) is 3. The van der Waals surface area contributed by atoms with Crippen LogP contribution < -0.4 is 10.6 Å². The van der Waals surface area contributed by atoms with Crippen molar-refractivity contribution < 1.29 is 9.59 Å². The molecule has 2 amide bonds. The van der Waals surface area contributed by atoms with Crippen LogP contribution in [-0.2, 0) is 6.42 Å². The molecule has 1 unspecified atom stereocenters. The van der Waals surface area contributed by atoms with Gasteiger partial charge in [0.15, 0.2) is 0 Å². The van der Waals surface area contributed by atoms with Gasteiger partial charge in [-0.05, 0) is 62.9 Å². The first-order valence-electron chi connectivity index (χ1n) is 11.2. The molecule has 1 aliphatic heterocycles. The van der Waals surface area contributed by atoms with Crippen LogP contribution in [0.4, 0.5) is 5.69 Å². The Morgan fingerprint density at radius 3 is 2.65 bits per heavy atom. The molecule has 1 aliphatic rings. The third-order valence-corrected chi connectivity index (χ3v) is 6.44. The molecule has 168 valence electrons. The van der Waals surface area contributed by atoms with Gasteiger partial charge in [0.05, 0.1) is 0 Å². The molecule has 0 aliphatic carbocycles. The van der Waals surface area contributed by atoms with Crippen LogP contribution in [0, 0.1) is 5.92 Å². The Hall–Kier alpha value is -2.32. The number of amides is 2. The minimum Gasteiger partial charge on any atom is -0.352 e. The quantitative estimate of drug-likeness (QED) is 0.573. The van der Waals surface area contributed by atoms with E-state index < -0.39 is 0 Å². The molecule has 1 saturated heterocycles. The molecular weight excluding hydrogens is 410 g/mol. The summed E-state index contributed by atoms with van der Waals surface area (Å²) in [6, 6.07) is 7.56. The fourth-order valence-corrected chi connectivity index (χ4v) is 4.69. The molecule has 0 radical (unpaired) electrons. The fraction of sp³-hybridized carbons (Fsp3) is 0.565. The van der Waals surface area contributed by atoms with Crippen LogP contribution in [0.1, 0.15) is 71.6 Å². The van der Waals surface area contributed by atoms with Crippen LogP contribution in [0.5, 0.6) is 0 Å². The van der Waals surface area contributed by atoms with Crippen molar-refractivity contribution in [2.24, 2.45) is 5.92 Å². The van der Waals surface area contributed by atoms with Crippen molar-refractivity contribution in [3.8, 4) is 0 Å². The van der Waals surface area contributed by atoms with Gasteiger partial charge in [0, 0.05) is 36.8 Å². The van der Waals surface area contributed by atoms with Crippen molar-refractivity contribution in [1.29, 1.82) is 0 Å². The number of hydrogen-bond acceptors (Lipinski definition) is 6. The third-order valence-electron chi connectivity index (χ3n) is 5.50. The second-order valence-electron chi connectivity index (χ2n) is 8.62. The Kier molecular flexibility index (Phi) is 8.54. The molecule has 7 nitrogen and oxygen atoms in total. The SMILES string of the molecule is CC(C)Cc1nnc(C(=O)Nc2ccc(C(=O)NCCCN3CCCCC3C)cc2)s1. The van der Waals surface area contributed by atoms with Gasteiger partial charge in [-0.25, -0.2) is 0 Å². The highest BCUT2D eigenvalue weighted by Crippen LogP contribution is 2.17. The lowest BCUT2D eigenvalue weighted by atomic mass is 10.0. The highest BCUT2D eigenvalue weighted by molar-refractivity contribution is 7.13. The number of hydrogen-bond donors (Lipinski definition) is 2. The predicted octanol–water partition coefficient (Wildman–Crippen LogP) is 3.98. The number of rotatable bonds is 9. The second-order valence-corrected chi connectivity index (χ2v) is 9.68. The largest absolute Gasteiger partial charge is 0.352 e. The summed E-state index contributed by atoms with van der Waals surface area (Å²) in [6.07, 6.45) is 5.63. The van der Waals surface area contributed by atoms with Crippen LogP contribution in [-0.4, -0.2) is 52.6 Å². The normalized spacial score (nSPS) is 17.0. The summed E-state index contributed by atoms with van der Waals surface area (Å²) in [6.45, 7) is 9.35.